The van der Waals surface area contributed by atoms with Crippen molar-refractivity contribution < 1.29 is 0 Å². The minimum Gasteiger partial charge on any atom is -0.373 e. The van der Waals surface area contributed by atoms with Gasteiger partial charge >= 0.3 is 0 Å². The lowest BCUT2D eigenvalue weighted by Gasteiger charge is -2.25. The van der Waals surface area contributed by atoms with Crippen molar-refractivity contribution in [1.29, 1.82) is 0 Å². The van der Waals surface area contributed by atoms with Gasteiger partial charge in [0.25, 0.3) is 0 Å². The molecule has 2 aromatic heterocycles. The summed E-state index contributed by atoms with van der Waals surface area (Å²) < 4.78 is 0. The van der Waals surface area contributed by atoms with Gasteiger partial charge in [0.1, 0.15) is 18.0 Å². The van der Waals surface area contributed by atoms with E-state index in [-0.39, 0.29) is 5.41 Å². The van der Waals surface area contributed by atoms with Gasteiger partial charge in [-0.05, 0) is 17.7 Å². The lowest BCUT2D eigenvalue weighted by molar-refractivity contribution is 0.555. The van der Waals surface area contributed by atoms with Crippen LogP contribution >= 0.6 is 0 Å². The standard InChI is InChI=1S/C14H19N5/c1-14(2,11-4-6-16-7-5-11)9-17-13-8-12(15-3)18-10-19-13/h4-8,10H,9H2,1-3H3,(H2,15,17,18,19). The van der Waals surface area contributed by atoms with Crippen molar-refractivity contribution in [2.75, 3.05) is 24.2 Å². The molecule has 0 saturated carbocycles. The van der Waals surface area contributed by atoms with Crippen molar-refractivity contribution in [2.45, 2.75) is 19.3 Å². The Labute approximate surface area is 113 Å². The average Bonchev–Trinajstić information content (AvgIpc) is 2.46. The van der Waals surface area contributed by atoms with E-state index in [9.17, 15) is 0 Å². The van der Waals surface area contributed by atoms with Gasteiger partial charge < -0.3 is 10.6 Å². The van der Waals surface area contributed by atoms with Gasteiger partial charge in [-0.1, -0.05) is 13.8 Å². The predicted molar refractivity (Wildman–Crippen MR) is 77.3 cm³/mol. The van der Waals surface area contributed by atoms with Crippen LogP contribution in [0.25, 0.3) is 0 Å². The van der Waals surface area contributed by atoms with Crippen molar-refractivity contribution in [3.63, 3.8) is 0 Å². The lowest BCUT2D eigenvalue weighted by atomic mass is 9.85. The summed E-state index contributed by atoms with van der Waals surface area (Å²) in [6.07, 6.45) is 5.19. The Bertz CT molecular complexity index is 524. The highest BCUT2D eigenvalue weighted by Crippen LogP contribution is 2.22. The van der Waals surface area contributed by atoms with E-state index < -0.39 is 0 Å². The van der Waals surface area contributed by atoms with E-state index in [0.29, 0.717) is 0 Å². The second-order valence-corrected chi connectivity index (χ2v) is 5.01. The van der Waals surface area contributed by atoms with Gasteiger partial charge in [0.15, 0.2) is 0 Å². The third kappa shape index (κ3) is 3.40. The molecule has 0 bridgehead atoms. The second-order valence-electron chi connectivity index (χ2n) is 5.01. The number of aromatic nitrogens is 3. The Kier molecular flexibility index (Phi) is 3.94. The minimum absolute atomic E-state index is 0.00764. The van der Waals surface area contributed by atoms with E-state index in [0.717, 1.165) is 18.2 Å². The first-order chi connectivity index (χ1) is 9.12. The summed E-state index contributed by atoms with van der Waals surface area (Å²) in [7, 11) is 1.84. The van der Waals surface area contributed by atoms with E-state index in [1.807, 2.05) is 37.6 Å². The summed E-state index contributed by atoms with van der Waals surface area (Å²) in [4.78, 5) is 12.4. The summed E-state index contributed by atoms with van der Waals surface area (Å²) >= 11 is 0. The van der Waals surface area contributed by atoms with Crippen LogP contribution in [-0.2, 0) is 5.41 Å². The van der Waals surface area contributed by atoms with Crippen molar-refractivity contribution in [3.05, 3.63) is 42.5 Å². The van der Waals surface area contributed by atoms with Crippen LogP contribution < -0.4 is 10.6 Å². The molecule has 0 unspecified atom stereocenters. The van der Waals surface area contributed by atoms with Gasteiger partial charge in [-0.3, -0.25) is 4.98 Å². The minimum atomic E-state index is 0.00764. The molecule has 19 heavy (non-hydrogen) atoms. The highest BCUT2D eigenvalue weighted by molar-refractivity contribution is 5.46. The molecule has 2 aromatic rings. The Balaban J connectivity index is 2.05. The van der Waals surface area contributed by atoms with Crippen LogP contribution in [0.2, 0.25) is 0 Å². The lowest BCUT2D eigenvalue weighted by Crippen LogP contribution is -2.28. The molecule has 0 radical (unpaired) electrons. The fraction of sp³-hybridized carbons (Fsp3) is 0.357. The highest BCUT2D eigenvalue weighted by atomic mass is 15.1. The van der Waals surface area contributed by atoms with E-state index in [1.165, 1.54) is 5.56 Å². The summed E-state index contributed by atoms with van der Waals surface area (Å²) in [5, 5.41) is 6.34. The molecular weight excluding hydrogens is 238 g/mol. The summed E-state index contributed by atoms with van der Waals surface area (Å²) in [5.74, 6) is 1.63. The van der Waals surface area contributed by atoms with Crippen LogP contribution in [0, 0.1) is 0 Å². The Morgan fingerprint density at radius 3 is 2.47 bits per heavy atom. The largest absolute Gasteiger partial charge is 0.373 e. The van der Waals surface area contributed by atoms with Crippen LogP contribution in [0.3, 0.4) is 0 Å². The first-order valence-corrected chi connectivity index (χ1v) is 6.26. The summed E-state index contributed by atoms with van der Waals surface area (Å²) in [6.45, 7) is 5.17. The van der Waals surface area contributed by atoms with Gasteiger partial charge in [0.05, 0.1) is 0 Å². The van der Waals surface area contributed by atoms with E-state index >= 15 is 0 Å². The van der Waals surface area contributed by atoms with E-state index in [2.05, 4.69) is 39.4 Å². The molecule has 0 saturated heterocycles. The number of hydrogen-bond donors (Lipinski definition) is 2. The van der Waals surface area contributed by atoms with Crippen LogP contribution in [0.1, 0.15) is 19.4 Å². The van der Waals surface area contributed by atoms with Gasteiger partial charge in [0, 0.05) is 37.5 Å². The number of anilines is 2. The number of nitrogens with zero attached hydrogens (tertiary/aromatic N) is 3. The van der Waals surface area contributed by atoms with Crippen LogP contribution in [-0.4, -0.2) is 28.5 Å². The van der Waals surface area contributed by atoms with Gasteiger partial charge in [-0.25, -0.2) is 9.97 Å². The molecule has 0 aromatic carbocycles. The molecule has 2 heterocycles. The quantitative estimate of drug-likeness (QED) is 0.860. The van der Waals surface area contributed by atoms with Gasteiger partial charge in [0.2, 0.25) is 0 Å². The first-order valence-electron chi connectivity index (χ1n) is 6.26. The van der Waals surface area contributed by atoms with Crippen molar-refractivity contribution in [2.24, 2.45) is 0 Å². The fourth-order valence-corrected chi connectivity index (χ4v) is 1.81. The van der Waals surface area contributed by atoms with Gasteiger partial charge in [-0.2, -0.15) is 0 Å². The normalized spacial score (nSPS) is 11.1. The number of hydrogen-bond acceptors (Lipinski definition) is 5. The number of pyridine rings is 1. The van der Waals surface area contributed by atoms with Crippen LogP contribution in [0.15, 0.2) is 36.9 Å². The molecule has 0 aliphatic heterocycles. The van der Waals surface area contributed by atoms with Crippen molar-refractivity contribution >= 4 is 11.6 Å². The van der Waals surface area contributed by atoms with Crippen molar-refractivity contribution in [1.82, 2.24) is 15.0 Å². The molecule has 0 aliphatic carbocycles. The molecule has 2 N–H and O–H groups in total. The topological polar surface area (TPSA) is 62.7 Å². The molecule has 100 valence electrons. The fourth-order valence-electron chi connectivity index (χ4n) is 1.81. The zero-order valence-electron chi connectivity index (χ0n) is 11.5. The molecular formula is C14H19N5. The zero-order chi connectivity index (χ0) is 13.7. The van der Waals surface area contributed by atoms with Crippen LogP contribution in [0.4, 0.5) is 11.6 Å². The van der Waals surface area contributed by atoms with E-state index in [4.69, 9.17) is 0 Å². The van der Waals surface area contributed by atoms with E-state index in [1.54, 1.807) is 6.33 Å². The first kappa shape index (κ1) is 13.3. The highest BCUT2D eigenvalue weighted by Gasteiger charge is 2.20. The Morgan fingerprint density at radius 1 is 1.11 bits per heavy atom. The average molecular weight is 257 g/mol. The van der Waals surface area contributed by atoms with Crippen LogP contribution in [0.5, 0.6) is 0 Å². The third-order valence-electron chi connectivity index (χ3n) is 3.10. The maximum absolute atomic E-state index is 4.21. The number of nitrogens with one attached hydrogen (secondary N) is 2. The molecule has 0 fully saturated rings. The molecule has 5 nitrogen and oxygen atoms in total. The SMILES string of the molecule is CNc1cc(NCC(C)(C)c2ccncc2)ncn1. The smallest absolute Gasteiger partial charge is 0.131 e. The summed E-state index contributed by atoms with van der Waals surface area (Å²) in [6, 6.07) is 5.98. The summed E-state index contributed by atoms with van der Waals surface area (Å²) in [5.41, 5.74) is 1.26. The molecule has 5 heteroatoms. The zero-order valence-corrected chi connectivity index (χ0v) is 11.5. The maximum atomic E-state index is 4.21. The predicted octanol–water partition coefficient (Wildman–Crippen LogP) is 2.30. The third-order valence-corrected chi connectivity index (χ3v) is 3.10. The van der Waals surface area contributed by atoms with Crippen molar-refractivity contribution in [3.8, 4) is 0 Å². The Hall–Kier alpha value is -2.17. The molecule has 0 amide bonds. The van der Waals surface area contributed by atoms with Gasteiger partial charge in [-0.15, -0.1) is 0 Å². The maximum Gasteiger partial charge on any atom is 0.131 e. The molecule has 0 atom stereocenters. The molecule has 0 aliphatic rings. The second kappa shape index (κ2) is 5.65. The molecule has 0 spiro atoms. The Morgan fingerprint density at radius 2 is 1.79 bits per heavy atom. The number of rotatable bonds is 5. The monoisotopic (exact) mass is 257 g/mol. The molecule has 2 rings (SSSR count).